The maximum absolute atomic E-state index is 13.2. The van der Waals surface area contributed by atoms with E-state index in [1.165, 1.54) is 17.7 Å². The van der Waals surface area contributed by atoms with Crippen LogP contribution < -0.4 is 5.73 Å². The Morgan fingerprint density at radius 2 is 1.76 bits per heavy atom. The van der Waals surface area contributed by atoms with Gasteiger partial charge in [0.05, 0.1) is 17.8 Å². The molecule has 0 aliphatic heterocycles. The lowest BCUT2D eigenvalue weighted by Crippen LogP contribution is -2.38. The van der Waals surface area contributed by atoms with Crippen molar-refractivity contribution in [2.24, 2.45) is 5.73 Å². The first-order valence-electron chi connectivity index (χ1n) is 9.82. The Morgan fingerprint density at radius 1 is 1.07 bits per heavy atom. The summed E-state index contributed by atoms with van der Waals surface area (Å²) in [6, 6.07) is 16.3. The van der Waals surface area contributed by atoms with Crippen LogP contribution in [0.4, 0.5) is 4.39 Å². The van der Waals surface area contributed by atoms with E-state index in [9.17, 15) is 9.18 Å². The van der Waals surface area contributed by atoms with Gasteiger partial charge in [0.15, 0.2) is 0 Å². The van der Waals surface area contributed by atoms with Gasteiger partial charge in [-0.3, -0.25) is 4.79 Å². The van der Waals surface area contributed by atoms with Crippen molar-refractivity contribution in [2.75, 3.05) is 19.6 Å². The molecule has 1 aromatic heterocycles. The van der Waals surface area contributed by atoms with Gasteiger partial charge in [-0.05, 0) is 50.1 Å². The van der Waals surface area contributed by atoms with E-state index in [2.05, 4.69) is 17.2 Å². The van der Waals surface area contributed by atoms with Crippen LogP contribution in [0, 0.1) is 19.7 Å². The first-order valence-corrected chi connectivity index (χ1v) is 9.82. The molecule has 3 aromatic rings. The first kappa shape index (κ1) is 20.7. The minimum atomic E-state index is -0.290. The number of carbonyl (C=O) groups is 1. The molecule has 1 amide bonds. The van der Waals surface area contributed by atoms with E-state index < -0.39 is 0 Å². The topological polar surface area (TPSA) is 64.2 Å². The molecule has 0 fully saturated rings. The fraction of sp³-hybridized carbons (Fsp3) is 0.304. The molecule has 152 valence electrons. The minimum absolute atomic E-state index is 0.0382. The van der Waals surface area contributed by atoms with Gasteiger partial charge in [-0.15, -0.1) is 0 Å². The van der Waals surface area contributed by atoms with E-state index in [0.717, 1.165) is 29.1 Å². The van der Waals surface area contributed by atoms with Crippen molar-refractivity contribution < 1.29 is 9.18 Å². The number of aromatic nitrogens is 2. The molecule has 1 heterocycles. The number of hydrogen-bond acceptors (Lipinski definition) is 3. The molecule has 0 atom stereocenters. The van der Waals surface area contributed by atoms with Crippen molar-refractivity contribution in [1.82, 2.24) is 14.7 Å². The normalized spacial score (nSPS) is 10.9. The third kappa shape index (κ3) is 5.09. The van der Waals surface area contributed by atoms with Gasteiger partial charge >= 0.3 is 0 Å². The summed E-state index contributed by atoms with van der Waals surface area (Å²) in [5.41, 5.74) is 10.3. The lowest BCUT2D eigenvalue weighted by atomic mass is 10.1. The number of nitrogens with zero attached hydrogens (tertiary/aromatic N) is 3. The number of carbonyl (C=O) groups excluding carboxylic acids is 1. The Hall–Kier alpha value is -2.99. The van der Waals surface area contributed by atoms with Crippen molar-refractivity contribution in [3.63, 3.8) is 0 Å². The van der Waals surface area contributed by atoms with Gasteiger partial charge in [-0.25, -0.2) is 9.07 Å². The Balaban J connectivity index is 1.74. The summed E-state index contributed by atoms with van der Waals surface area (Å²) >= 11 is 0. The molecule has 0 radical (unpaired) electrons. The average molecular weight is 394 g/mol. The summed E-state index contributed by atoms with van der Waals surface area (Å²) in [4.78, 5) is 14.8. The van der Waals surface area contributed by atoms with Crippen LogP contribution in [0.2, 0.25) is 0 Å². The summed E-state index contributed by atoms with van der Waals surface area (Å²) < 4.78 is 15.0. The summed E-state index contributed by atoms with van der Waals surface area (Å²) in [6.45, 7) is 5.41. The van der Waals surface area contributed by atoms with Crippen LogP contribution in [-0.2, 0) is 17.6 Å². The quantitative estimate of drug-likeness (QED) is 0.638. The fourth-order valence-electron chi connectivity index (χ4n) is 3.45. The number of nitrogens with two attached hydrogens (primary N) is 1. The van der Waals surface area contributed by atoms with E-state index in [-0.39, 0.29) is 18.1 Å². The molecule has 2 N–H and O–H groups in total. The standard InChI is InChI=1S/C23H27FN4O/c1-17-22(18(2)28(26-17)21-10-8-20(24)9-11-21)16-23(29)27(15-13-25)14-12-19-6-4-3-5-7-19/h3-11H,12-16,25H2,1-2H3. The smallest absolute Gasteiger partial charge is 0.227 e. The maximum atomic E-state index is 13.2. The monoisotopic (exact) mass is 394 g/mol. The Morgan fingerprint density at radius 3 is 2.41 bits per heavy atom. The molecular weight excluding hydrogens is 367 g/mol. The molecule has 0 aliphatic rings. The van der Waals surface area contributed by atoms with Crippen molar-refractivity contribution >= 4 is 5.91 Å². The van der Waals surface area contributed by atoms with Crippen LogP contribution >= 0.6 is 0 Å². The van der Waals surface area contributed by atoms with Crippen LogP contribution in [0.15, 0.2) is 54.6 Å². The van der Waals surface area contributed by atoms with Crippen LogP contribution in [0.5, 0.6) is 0 Å². The van der Waals surface area contributed by atoms with Crippen molar-refractivity contribution in [3.05, 3.63) is 82.9 Å². The van der Waals surface area contributed by atoms with Crippen LogP contribution in [0.3, 0.4) is 0 Å². The molecule has 0 spiro atoms. The zero-order valence-corrected chi connectivity index (χ0v) is 16.9. The van der Waals surface area contributed by atoms with E-state index in [1.807, 2.05) is 36.9 Å². The van der Waals surface area contributed by atoms with Gasteiger partial charge < -0.3 is 10.6 Å². The van der Waals surface area contributed by atoms with Crippen LogP contribution in [0.1, 0.15) is 22.5 Å². The zero-order valence-electron chi connectivity index (χ0n) is 16.9. The highest BCUT2D eigenvalue weighted by Gasteiger charge is 2.19. The number of amides is 1. The van der Waals surface area contributed by atoms with Crippen LogP contribution in [0.25, 0.3) is 5.69 Å². The highest BCUT2D eigenvalue weighted by atomic mass is 19.1. The summed E-state index contributed by atoms with van der Waals surface area (Å²) in [5.74, 6) is -0.252. The van der Waals surface area contributed by atoms with Gasteiger partial charge in [0.1, 0.15) is 5.82 Å². The number of benzene rings is 2. The third-order valence-corrected chi connectivity index (χ3v) is 5.11. The molecule has 0 saturated heterocycles. The Bertz CT molecular complexity index is 951. The lowest BCUT2D eigenvalue weighted by molar-refractivity contribution is -0.130. The third-order valence-electron chi connectivity index (χ3n) is 5.11. The molecule has 5 nitrogen and oxygen atoms in total. The molecule has 29 heavy (non-hydrogen) atoms. The van der Waals surface area contributed by atoms with E-state index in [1.54, 1.807) is 16.8 Å². The van der Waals surface area contributed by atoms with Crippen molar-refractivity contribution in [2.45, 2.75) is 26.7 Å². The largest absolute Gasteiger partial charge is 0.341 e. The molecule has 6 heteroatoms. The highest BCUT2D eigenvalue weighted by molar-refractivity contribution is 5.79. The van der Waals surface area contributed by atoms with E-state index >= 15 is 0 Å². The summed E-state index contributed by atoms with van der Waals surface area (Å²) in [7, 11) is 0. The fourth-order valence-corrected chi connectivity index (χ4v) is 3.45. The first-order chi connectivity index (χ1) is 14.0. The van der Waals surface area contributed by atoms with Crippen LogP contribution in [-0.4, -0.2) is 40.2 Å². The van der Waals surface area contributed by atoms with Gasteiger partial charge in [0, 0.05) is 30.9 Å². The Labute approximate surface area is 170 Å². The summed E-state index contributed by atoms with van der Waals surface area (Å²) in [6.07, 6.45) is 1.06. The second-order valence-electron chi connectivity index (χ2n) is 7.12. The van der Waals surface area contributed by atoms with E-state index in [4.69, 9.17) is 5.73 Å². The van der Waals surface area contributed by atoms with Crippen molar-refractivity contribution in [1.29, 1.82) is 0 Å². The molecule has 0 aliphatic carbocycles. The number of halogens is 1. The number of rotatable bonds is 8. The van der Waals surface area contributed by atoms with Gasteiger partial charge in [-0.2, -0.15) is 5.10 Å². The molecule has 3 rings (SSSR count). The zero-order chi connectivity index (χ0) is 20.8. The number of aryl methyl sites for hydroxylation is 1. The highest BCUT2D eigenvalue weighted by Crippen LogP contribution is 2.19. The summed E-state index contributed by atoms with van der Waals surface area (Å²) in [5, 5.41) is 4.56. The number of hydrogen-bond donors (Lipinski definition) is 1. The Kier molecular flexibility index (Phi) is 6.77. The molecule has 2 aromatic carbocycles. The van der Waals surface area contributed by atoms with Gasteiger partial charge in [0.25, 0.3) is 0 Å². The second kappa shape index (κ2) is 9.47. The molecular formula is C23H27FN4O. The minimum Gasteiger partial charge on any atom is -0.341 e. The predicted octanol–water partition coefficient (Wildman–Crippen LogP) is 3.20. The van der Waals surface area contributed by atoms with E-state index in [0.29, 0.717) is 19.6 Å². The predicted molar refractivity (Wildman–Crippen MR) is 112 cm³/mol. The molecule has 0 bridgehead atoms. The second-order valence-corrected chi connectivity index (χ2v) is 7.12. The molecule has 0 saturated carbocycles. The molecule has 0 unspecified atom stereocenters. The maximum Gasteiger partial charge on any atom is 0.227 e. The van der Waals surface area contributed by atoms with Gasteiger partial charge in [0.2, 0.25) is 5.91 Å². The van der Waals surface area contributed by atoms with Gasteiger partial charge in [-0.1, -0.05) is 30.3 Å². The SMILES string of the molecule is Cc1nn(-c2ccc(F)cc2)c(C)c1CC(=O)N(CCN)CCc1ccccc1. The average Bonchev–Trinajstić information content (AvgIpc) is 3.00. The lowest BCUT2D eigenvalue weighted by Gasteiger charge is -2.22. The van der Waals surface area contributed by atoms with Crippen molar-refractivity contribution in [3.8, 4) is 5.69 Å².